The number of aromatic nitrogens is 2. The lowest BCUT2D eigenvalue weighted by Crippen LogP contribution is -1.97. The standard InChI is InChI=1S/C54H34N2.2C42H28/c1-2-16-36-35(15-1)39(41-31-33-53(43-19-5-3-17-37(41)43)55-49-25-11-7-21-45(49)46-22-8-12-26-50(46)55)29-30-40(36)42-32-34-54(44-20-6-4-18-38(42)44)56-51-27-13-9-23-47(51)48-24-10-14-28-52(48)56;1-3-11-29(12-4-1)31-19-20-33-28-34(22-21-32(33)27-31)36-24-26-42(40-18-10-8-16-38(36)40)41-25-23-35(30-13-5-2-6-14-30)37-15-7-9-17-39(37)41;1-3-9-29(10-4-1)31-15-17-35-27-37(21-19-33(35)25-31)39-23-24-40(42-14-8-7-13-41(39)42)38-22-20-34-26-32(16-18-36(34)28-38)30-11-5-2-6-12-30/h1-34H;2*1-28H. The van der Waals surface area contributed by atoms with E-state index in [-0.39, 0.29) is 0 Å². The predicted molar refractivity (Wildman–Crippen MR) is 600 cm³/mol. The Morgan fingerprint density at radius 1 is 0.0929 bits per heavy atom. The first kappa shape index (κ1) is 82.3. The van der Waals surface area contributed by atoms with E-state index in [1.165, 1.54) is 263 Å². The maximum Gasteiger partial charge on any atom is 0.0541 e. The number of hydrogen-bond donors (Lipinski definition) is 0. The van der Waals surface area contributed by atoms with Crippen LogP contribution in [0.5, 0.6) is 0 Å². The molecule has 0 aliphatic carbocycles. The smallest absolute Gasteiger partial charge is 0.0541 e. The lowest BCUT2D eigenvalue weighted by molar-refractivity contribution is 1.20. The summed E-state index contributed by atoms with van der Waals surface area (Å²) in [5, 5.41) is 27.7. The third-order valence-electron chi connectivity index (χ3n) is 28.9. The molecule has 0 spiro atoms. The van der Waals surface area contributed by atoms with Crippen molar-refractivity contribution in [1.29, 1.82) is 0 Å². The fraction of sp³-hybridized carbons (Fsp3) is 0. The van der Waals surface area contributed by atoms with Crippen LogP contribution in [0.15, 0.2) is 546 Å². The molecule has 0 aliphatic rings. The van der Waals surface area contributed by atoms with E-state index in [1.807, 2.05) is 0 Å². The molecular weight excluding hydrogens is 1690 g/mol. The molecule has 0 aliphatic heterocycles. The molecule has 652 valence electrons. The van der Waals surface area contributed by atoms with E-state index in [0.717, 1.165) is 0 Å². The molecule has 0 saturated carbocycles. The predicted octanol–water partition coefficient (Wildman–Crippen LogP) is 38.3. The number of para-hydroxylation sites is 4. The molecule has 28 rings (SSSR count). The van der Waals surface area contributed by atoms with Gasteiger partial charge in [0.2, 0.25) is 0 Å². The van der Waals surface area contributed by atoms with Gasteiger partial charge in [0.15, 0.2) is 0 Å². The molecule has 26 aromatic carbocycles. The Bertz CT molecular complexity index is 9240. The highest BCUT2D eigenvalue weighted by Crippen LogP contribution is 2.49. The summed E-state index contributed by atoms with van der Waals surface area (Å²) in [5.74, 6) is 0. The van der Waals surface area contributed by atoms with Crippen LogP contribution in [0, 0.1) is 0 Å². The van der Waals surface area contributed by atoms with Gasteiger partial charge < -0.3 is 9.13 Å². The highest BCUT2D eigenvalue weighted by atomic mass is 15.0. The normalized spacial score (nSPS) is 11.6. The Balaban J connectivity index is 0.000000110. The van der Waals surface area contributed by atoms with Gasteiger partial charge in [-0.05, 0) is 270 Å². The zero-order valence-corrected chi connectivity index (χ0v) is 76.9. The minimum Gasteiger partial charge on any atom is -0.309 e. The summed E-state index contributed by atoms with van der Waals surface area (Å²) >= 11 is 0. The van der Waals surface area contributed by atoms with Gasteiger partial charge >= 0.3 is 0 Å². The minimum absolute atomic E-state index is 1.19. The summed E-state index contributed by atoms with van der Waals surface area (Å²) in [4.78, 5) is 0. The van der Waals surface area contributed by atoms with Gasteiger partial charge in [0.25, 0.3) is 0 Å². The first-order chi connectivity index (χ1) is 69.5. The quantitative estimate of drug-likeness (QED) is 0.115. The van der Waals surface area contributed by atoms with Crippen molar-refractivity contribution in [3.63, 3.8) is 0 Å². The Morgan fingerprint density at radius 2 is 0.257 bits per heavy atom. The molecule has 0 saturated heterocycles. The highest BCUT2D eigenvalue weighted by Gasteiger charge is 2.23. The molecule has 140 heavy (non-hydrogen) atoms. The molecule has 0 atom stereocenters. The van der Waals surface area contributed by atoms with Crippen LogP contribution in [0.1, 0.15) is 0 Å². The number of fused-ring (bicyclic) bond motifs is 15. The average Bonchev–Trinajstić information content (AvgIpc) is 1.58. The largest absolute Gasteiger partial charge is 0.309 e. The summed E-state index contributed by atoms with van der Waals surface area (Å²) in [5.41, 5.74) is 32.2. The van der Waals surface area contributed by atoms with Gasteiger partial charge in [0.05, 0.1) is 33.4 Å². The van der Waals surface area contributed by atoms with Crippen LogP contribution in [0.25, 0.3) is 263 Å². The van der Waals surface area contributed by atoms with Crippen molar-refractivity contribution in [2.24, 2.45) is 0 Å². The van der Waals surface area contributed by atoms with Gasteiger partial charge in [-0.1, -0.05) is 473 Å². The van der Waals surface area contributed by atoms with Gasteiger partial charge in [0.1, 0.15) is 0 Å². The first-order valence-corrected chi connectivity index (χ1v) is 48.4. The summed E-state index contributed by atoms with van der Waals surface area (Å²) in [7, 11) is 0. The van der Waals surface area contributed by atoms with E-state index in [1.54, 1.807) is 0 Å². The summed E-state index contributed by atoms with van der Waals surface area (Å²) in [6, 6.07) is 199. The van der Waals surface area contributed by atoms with Crippen molar-refractivity contribution in [3.05, 3.63) is 546 Å². The molecule has 28 aromatic rings. The molecule has 0 bridgehead atoms. The van der Waals surface area contributed by atoms with E-state index < -0.39 is 0 Å². The lowest BCUT2D eigenvalue weighted by Gasteiger charge is -2.18. The molecule has 2 heteroatoms. The molecule has 0 unspecified atom stereocenters. The van der Waals surface area contributed by atoms with Gasteiger partial charge in [-0.25, -0.2) is 0 Å². The summed E-state index contributed by atoms with van der Waals surface area (Å²) < 4.78 is 4.87. The van der Waals surface area contributed by atoms with E-state index in [4.69, 9.17) is 0 Å². The molecule has 0 radical (unpaired) electrons. The second-order valence-corrected chi connectivity index (χ2v) is 36.7. The number of benzene rings is 26. The Labute approximate surface area is 812 Å². The Hall–Kier alpha value is -18.3. The van der Waals surface area contributed by atoms with Crippen LogP contribution >= 0.6 is 0 Å². The maximum atomic E-state index is 2.44. The zero-order chi connectivity index (χ0) is 92.5. The van der Waals surface area contributed by atoms with Crippen molar-refractivity contribution in [2.45, 2.75) is 0 Å². The first-order valence-electron chi connectivity index (χ1n) is 48.4. The summed E-state index contributed by atoms with van der Waals surface area (Å²) in [6.45, 7) is 0. The van der Waals surface area contributed by atoms with Crippen molar-refractivity contribution in [1.82, 2.24) is 9.13 Å². The third-order valence-corrected chi connectivity index (χ3v) is 28.9. The molecule has 2 nitrogen and oxygen atoms in total. The molecule has 0 N–H and O–H groups in total. The second kappa shape index (κ2) is 35.2. The van der Waals surface area contributed by atoms with Crippen LogP contribution in [-0.4, -0.2) is 9.13 Å². The molecular formula is C138H90N2. The van der Waals surface area contributed by atoms with E-state index in [9.17, 15) is 0 Å². The van der Waals surface area contributed by atoms with Gasteiger partial charge in [-0.2, -0.15) is 0 Å². The van der Waals surface area contributed by atoms with Gasteiger partial charge in [-0.15, -0.1) is 0 Å². The molecule has 0 fully saturated rings. The minimum atomic E-state index is 1.19. The number of hydrogen-bond acceptors (Lipinski definition) is 0. The molecule has 0 amide bonds. The van der Waals surface area contributed by atoms with Crippen molar-refractivity contribution < 1.29 is 0 Å². The van der Waals surface area contributed by atoms with E-state index in [0.29, 0.717) is 0 Å². The van der Waals surface area contributed by atoms with Crippen LogP contribution in [0.3, 0.4) is 0 Å². The van der Waals surface area contributed by atoms with Crippen LogP contribution in [-0.2, 0) is 0 Å². The molecule has 2 aromatic heterocycles. The van der Waals surface area contributed by atoms with Crippen LogP contribution < -0.4 is 0 Å². The van der Waals surface area contributed by atoms with Crippen molar-refractivity contribution in [3.8, 4) is 123 Å². The lowest BCUT2D eigenvalue weighted by atomic mass is 9.88. The van der Waals surface area contributed by atoms with Crippen LogP contribution in [0.2, 0.25) is 0 Å². The van der Waals surface area contributed by atoms with E-state index >= 15 is 0 Å². The van der Waals surface area contributed by atoms with Gasteiger partial charge in [0, 0.05) is 32.3 Å². The summed E-state index contributed by atoms with van der Waals surface area (Å²) in [6.07, 6.45) is 0. The topological polar surface area (TPSA) is 9.86 Å². The monoisotopic (exact) mass is 1770 g/mol. The van der Waals surface area contributed by atoms with E-state index in [2.05, 4.69) is 555 Å². The Kier molecular flexibility index (Phi) is 20.7. The highest BCUT2D eigenvalue weighted by molar-refractivity contribution is 6.19. The maximum absolute atomic E-state index is 2.44. The van der Waals surface area contributed by atoms with Crippen molar-refractivity contribution >= 4 is 141 Å². The van der Waals surface area contributed by atoms with Crippen molar-refractivity contribution in [2.75, 3.05) is 0 Å². The number of nitrogens with zero attached hydrogens (tertiary/aromatic N) is 2. The number of rotatable bonds is 12. The fourth-order valence-electron chi connectivity index (χ4n) is 22.2. The third kappa shape index (κ3) is 14.6. The van der Waals surface area contributed by atoms with Gasteiger partial charge in [-0.3, -0.25) is 0 Å². The Morgan fingerprint density at radius 3 is 0.507 bits per heavy atom. The average molecular weight is 1780 g/mol. The zero-order valence-electron chi connectivity index (χ0n) is 76.9. The fourth-order valence-corrected chi connectivity index (χ4v) is 22.2. The van der Waals surface area contributed by atoms with Crippen LogP contribution in [0.4, 0.5) is 0 Å². The molecule has 2 heterocycles. The second-order valence-electron chi connectivity index (χ2n) is 36.7. The SMILES string of the molecule is c1ccc(-c2ccc3cc(-c4ccc(-c5ccc(-c6ccccc6)c6ccccc56)c5ccccc45)ccc3c2)cc1.c1ccc(-c2ccc3cc(-c4ccc(-c5ccc6cc(-c7ccccc7)ccc6c5)c5ccccc45)ccc3c2)cc1.c1ccc2c(-c3ccc(-n4c5ccccc5c5ccccc54)c4ccccc34)ccc(-c3ccc(-n4c5ccccc5c5ccccc54)c4ccccc34)c2c1.